The number of carbonyl (C=O) groups is 2. The van der Waals surface area contributed by atoms with Crippen molar-refractivity contribution in [2.24, 2.45) is 4.99 Å². The maximum Gasteiger partial charge on any atom is 0.332 e. The molecule has 0 radical (unpaired) electrons. The first-order valence-corrected chi connectivity index (χ1v) is 8.37. The van der Waals surface area contributed by atoms with Crippen LogP contribution in [0.5, 0.6) is 0 Å². The summed E-state index contributed by atoms with van der Waals surface area (Å²) in [5.74, 6) is -0.255. The zero-order valence-electron chi connectivity index (χ0n) is 13.3. The van der Waals surface area contributed by atoms with Gasteiger partial charge < -0.3 is 4.90 Å². The molecule has 7 heteroatoms. The number of nitrogens with zero attached hydrogens (tertiary/aromatic N) is 3. The summed E-state index contributed by atoms with van der Waals surface area (Å²) in [5.41, 5.74) is 2.10. The first kappa shape index (κ1) is 17.3. The molecular formula is C18H14ClN3O2S. The average molecular weight is 372 g/mol. The Balaban J connectivity index is 1.82. The number of isothiocyanates is 1. The van der Waals surface area contributed by atoms with E-state index < -0.39 is 6.04 Å². The Hall–Kier alpha value is -2.53. The van der Waals surface area contributed by atoms with Crippen LogP contribution in [0.2, 0.25) is 5.02 Å². The Morgan fingerprint density at radius 3 is 2.36 bits per heavy atom. The predicted molar refractivity (Wildman–Crippen MR) is 100 cm³/mol. The van der Waals surface area contributed by atoms with Gasteiger partial charge in [-0.3, -0.25) is 4.79 Å². The number of thiocarbonyl (C=S) groups is 1. The van der Waals surface area contributed by atoms with E-state index in [1.54, 1.807) is 43.3 Å². The molecule has 0 aliphatic carbocycles. The molecule has 0 N–H and O–H groups in total. The number of anilines is 1. The summed E-state index contributed by atoms with van der Waals surface area (Å²) in [7, 11) is 0. The van der Waals surface area contributed by atoms with Gasteiger partial charge in [-0.15, -0.1) is 0 Å². The van der Waals surface area contributed by atoms with E-state index in [1.165, 1.54) is 9.80 Å². The van der Waals surface area contributed by atoms with Crippen molar-refractivity contribution in [1.29, 1.82) is 0 Å². The summed E-state index contributed by atoms with van der Waals surface area (Å²) in [6.07, 6.45) is 0. The molecule has 2 aromatic carbocycles. The highest BCUT2D eigenvalue weighted by atomic mass is 35.5. The van der Waals surface area contributed by atoms with Gasteiger partial charge in [-0.25, -0.2) is 9.69 Å². The van der Waals surface area contributed by atoms with E-state index in [0.29, 0.717) is 22.9 Å². The first-order valence-electron chi connectivity index (χ1n) is 7.58. The fourth-order valence-electron chi connectivity index (χ4n) is 2.67. The van der Waals surface area contributed by atoms with Gasteiger partial charge in [0.15, 0.2) is 0 Å². The van der Waals surface area contributed by atoms with Crippen molar-refractivity contribution in [1.82, 2.24) is 4.90 Å². The lowest BCUT2D eigenvalue weighted by Gasteiger charge is -2.19. The monoisotopic (exact) mass is 371 g/mol. The predicted octanol–water partition coefficient (Wildman–Crippen LogP) is 4.43. The van der Waals surface area contributed by atoms with E-state index in [-0.39, 0.29) is 11.9 Å². The number of amides is 3. The number of benzene rings is 2. The normalized spacial score (nSPS) is 17.0. The van der Waals surface area contributed by atoms with Gasteiger partial charge in [0.25, 0.3) is 5.91 Å². The maximum atomic E-state index is 12.7. The Kier molecular flexibility index (Phi) is 4.95. The summed E-state index contributed by atoms with van der Waals surface area (Å²) in [4.78, 5) is 31.9. The highest BCUT2D eigenvalue weighted by Gasteiger charge is 2.43. The number of hydrogen-bond donors (Lipinski definition) is 0. The Labute approximate surface area is 155 Å². The smallest absolute Gasteiger partial charge is 0.308 e. The van der Waals surface area contributed by atoms with Gasteiger partial charge in [0.2, 0.25) is 0 Å². The number of hydrogen-bond acceptors (Lipinski definition) is 4. The molecule has 1 fully saturated rings. The number of imide groups is 1. The molecule has 1 atom stereocenters. The number of urea groups is 1. The minimum Gasteiger partial charge on any atom is -0.308 e. The fourth-order valence-corrected chi connectivity index (χ4v) is 2.90. The van der Waals surface area contributed by atoms with Gasteiger partial charge in [0.1, 0.15) is 6.04 Å². The van der Waals surface area contributed by atoms with E-state index >= 15 is 0 Å². The van der Waals surface area contributed by atoms with E-state index in [2.05, 4.69) is 22.4 Å². The Bertz CT molecular complexity index is 861. The van der Waals surface area contributed by atoms with Crippen LogP contribution in [-0.2, 0) is 11.3 Å². The molecular weight excluding hydrogens is 358 g/mol. The number of rotatable bonds is 4. The lowest BCUT2D eigenvalue weighted by Crippen LogP contribution is -2.33. The van der Waals surface area contributed by atoms with Crippen molar-refractivity contribution in [2.45, 2.75) is 19.5 Å². The molecule has 0 aromatic heterocycles. The fraction of sp³-hybridized carbons (Fsp3) is 0.167. The van der Waals surface area contributed by atoms with Crippen LogP contribution in [-0.4, -0.2) is 28.0 Å². The van der Waals surface area contributed by atoms with Crippen LogP contribution in [0, 0.1) is 0 Å². The van der Waals surface area contributed by atoms with Crippen molar-refractivity contribution in [3.8, 4) is 0 Å². The number of carbonyl (C=O) groups excluding carboxylic acids is 2. The van der Waals surface area contributed by atoms with Crippen molar-refractivity contribution in [3.63, 3.8) is 0 Å². The molecule has 1 saturated heterocycles. The van der Waals surface area contributed by atoms with Crippen LogP contribution in [0.25, 0.3) is 0 Å². The van der Waals surface area contributed by atoms with Gasteiger partial charge in [-0.05, 0) is 61.1 Å². The second-order valence-electron chi connectivity index (χ2n) is 5.61. The molecule has 0 spiro atoms. The number of halogens is 1. The summed E-state index contributed by atoms with van der Waals surface area (Å²) in [6, 6.07) is 13.0. The highest BCUT2D eigenvalue weighted by Crippen LogP contribution is 2.27. The molecule has 0 bridgehead atoms. The molecule has 3 amide bonds. The second-order valence-corrected chi connectivity index (χ2v) is 6.23. The summed E-state index contributed by atoms with van der Waals surface area (Å²) >= 11 is 10.4. The van der Waals surface area contributed by atoms with Crippen molar-refractivity contribution < 1.29 is 9.59 Å². The van der Waals surface area contributed by atoms with Gasteiger partial charge in [0.05, 0.1) is 16.5 Å². The van der Waals surface area contributed by atoms with E-state index in [9.17, 15) is 9.59 Å². The zero-order chi connectivity index (χ0) is 18.0. The van der Waals surface area contributed by atoms with Crippen LogP contribution in [0.15, 0.2) is 53.5 Å². The molecule has 2 aromatic rings. The quantitative estimate of drug-likeness (QED) is 0.454. The third-order valence-corrected chi connectivity index (χ3v) is 4.37. The average Bonchev–Trinajstić information content (AvgIpc) is 2.81. The summed E-state index contributed by atoms with van der Waals surface area (Å²) in [5, 5.41) is 2.86. The Morgan fingerprint density at radius 2 is 1.76 bits per heavy atom. The molecule has 25 heavy (non-hydrogen) atoms. The minimum absolute atomic E-state index is 0.255. The number of aliphatic imine (C=N–C) groups is 1. The second kappa shape index (κ2) is 7.15. The largest absolute Gasteiger partial charge is 0.332 e. The van der Waals surface area contributed by atoms with Gasteiger partial charge >= 0.3 is 6.03 Å². The first-order chi connectivity index (χ1) is 12.0. The molecule has 3 rings (SSSR count). The molecule has 126 valence electrons. The van der Waals surface area contributed by atoms with Crippen molar-refractivity contribution >= 4 is 52.3 Å². The van der Waals surface area contributed by atoms with E-state index in [0.717, 1.165) is 5.56 Å². The minimum atomic E-state index is -0.540. The molecule has 0 saturated carbocycles. The summed E-state index contributed by atoms with van der Waals surface area (Å²) in [6.45, 7) is 2.05. The zero-order valence-corrected chi connectivity index (χ0v) is 14.9. The molecule has 0 unspecified atom stereocenters. The van der Waals surface area contributed by atoms with Crippen LogP contribution in [0.1, 0.15) is 12.5 Å². The van der Waals surface area contributed by atoms with Crippen LogP contribution in [0.4, 0.5) is 16.2 Å². The third kappa shape index (κ3) is 3.46. The topological polar surface area (TPSA) is 53.0 Å². The van der Waals surface area contributed by atoms with Crippen LogP contribution < -0.4 is 4.90 Å². The molecule has 1 heterocycles. The molecule has 1 aliphatic rings. The van der Waals surface area contributed by atoms with Crippen LogP contribution in [0.3, 0.4) is 0 Å². The Morgan fingerprint density at radius 1 is 1.12 bits per heavy atom. The SMILES string of the molecule is C[C@H]1C(=O)N(c2ccc(Cl)cc2)C(=O)N1Cc1ccc(N=C=S)cc1. The van der Waals surface area contributed by atoms with Gasteiger partial charge in [-0.1, -0.05) is 23.7 Å². The third-order valence-electron chi connectivity index (χ3n) is 4.03. The van der Waals surface area contributed by atoms with Crippen molar-refractivity contribution in [3.05, 3.63) is 59.1 Å². The van der Waals surface area contributed by atoms with E-state index in [4.69, 9.17) is 11.6 Å². The lowest BCUT2D eigenvalue weighted by atomic mass is 10.2. The summed E-state index contributed by atoms with van der Waals surface area (Å²) < 4.78 is 0. The molecule has 1 aliphatic heterocycles. The standard InChI is InChI=1S/C18H14ClN3O2S/c1-12-17(23)22(16-8-4-14(19)5-9-16)18(24)21(12)10-13-2-6-15(7-3-13)20-11-25/h2-9,12H,10H2,1H3/t12-/m0/s1. The maximum absolute atomic E-state index is 12.7. The molecule has 5 nitrogen and oxygen atoms in total. The van der Waals surface area contributed by atoms with Crippen molar-refractivity contribution in [2.75, 3.05) is 4.90 Å². The lowest BCUT2D eigenvalue weighted by molar-refractivity contribution is -0.119. The van der Waals surface area contributed by atoms with E-state index in [1.807, 2.05) is 12.1 Å². The van der Waals surface area contributed by atoms with Gasteiger partial charge in [0, 0.05) is 11.6 Å². The highest BCUT2D eigenvalue weighted by molar-refractivity contribution is 7.78. The van der Waals surface area contributed by atoms with Crippen LogP contribution >= 0.6 is 23.8 Å². The van der Waals surface area contributed by atoms with Gasteiger partial charge in [-0.2, -0.15) is 4.99 Å².